The van der Waals surface area contributed by atoms with Crippen molar-refractivity contribution in [2.45, 2.75) is 13.5 Å². The summed E-state index contributed by atoms with van der Waals surface area (Å²) in [5.41, 5.74) is -0.450. The molecule has 0 fully saturated rings. The molecule has 0 aliphatic rings. The molecule has 0 aliphatic carbocycles. The lowest BCUT2D eigenvalue weighted by Crippen LogP contribution is -2.25. The number of aromatic carboxylic acids is 1. The van der Waals surface area contributed by atoms with Gasteiger partial charge in [-0.2, -0.15) is 5.10 Å². The summed E-state index contributed by atoms with van der Waals surface area (Å²) in [6, 6.07) is 1.50. The van der Waals surface area contributed by atoms with Gasteiger partial charge in [0.05, 0.1) is 5.39 Å². The maximum atomic E-state index is 11.8. The van der Waals surface area contributed by atoms with Crippen LogP contribution in [0.15, 0.2) is 23.3 Å². The van der Waals surface area contributed by atoms with Gasteiger partial charge in [0, 0.05) is 24.3 Å². The van der Waals surface area contributed by atoms with Crippen molar-refractivity contribution in [3.05, 3.63) is 34.5 Å². The lowest BCUT2D eigenvalue weighted by atomic mass is 10.2. The van der Waals surface area contributed by atoms with Crippen LogP contribution in [0.5, 0.6) is 0 Å². The molecular formula is C10H9N3O3. The van der Waals surface area contributed by atoms with Crippen LogP contribution >= 0.6 is 0 Å². The van der Waals surface area contributed by atoms with E-state index >= 15 is 0 Å². The molecule has 6 nitrogen and oxygen atoms in total. The van der Waals surface area contributed by atoms with E-state index in [0.717, 1.165) is 4.68 Å². The topological polar surface area (TPSA) is 85.1 Å². The molecule has 0 saturated heterocycles. The van der Waals surface area contributed by atoms with Crippen LogP contribution in [-0.2, 0) is 6.54 Å². The first-order valence-corrected chi connectivity index (χ1v) is 4.73. The molecule has 0 unspecified atom stereocenters. The van der Waals surface area contributed by atoms with Gasteiger partial charge in [0.15, 0.2) is 5.69 Å². The molecule has 6 heteroatoms. The molecule has 2 aromatic heterocycles. The number of pyridine rings is 1. The standard InChI is InChI=1S/C10H9N3O3/c1-2-13-9(14)6-3-4-11-5-7(6)8(12-13)10(15)16/h3-5H,2H2,1H3,(H,15,16). The smallest absolute Gasteiger partial charge is 0.357 e. The van der Waals surface area contributed by atoms with E-state index in [1.165, 1.54) is 18.5 Å². The van der Waals surface area contributed by atoms with Gasteiger partial charge in [-0.1, -0.05) is 0 Å². The zero-order valence-corrected chi connectivity index (χ0v) is 8.54. The lowest BCUT2D eigenvalue weighted by molar-refractivity contribution is 0.0690. The highest BCUT2D eigenvalue weighted by atomic mass is 16.4. The highest BCUT2D eigenvalue weighted by Gasteiger charge is 2.14. The number of aromatic nitrogens is 3. The molecule has 82 valence electrons. The third kappa shape index (κ3) is 1.44. The minimum absolute atomic E-state index is 0.149. The van der Waals surface area contributed by atoms with E-state index in [9.17, 15) is 9.59 Å². The number of carboxylic acid groups (broad SMARTS) is 1. The van der Waals surface area contributed by atoms with Crippen molar-refractivity contribution in [1.82, 2.24) is 14.8 Å². The van der Waals surface area contributed by atoms with E-state index in [0.29, 0.717) is 11.9 Å². The lowest BCUT2D eigenvalue weighted by Gasteiger charge is -2.05. The average molecular weight is 219 g/mol. The van der Waals surface area contributed by atoms with Crippen LogP contribution in [0.1, 0.15) is 17.4 Å². The maximum Gasteiger partial charge on any atom is 0.357 e. The average Bonchev–Trinajstić information content (AvgIpc) is 2.29. The number of rotatable bonds is 2. The Balaban J connectivity index is 2.96. The molecular weight excluding hydrogens is 210 g/mol. The summed E-state index contributed by atoms with van der Waals surface area (Å²) < 4.78 is 1.13. The van der Waals surface area contributed by atoms with E-state index in [1.54, 1.807) is 6.92 Å². The van der Waals surface area contributed by atoms with E-state index in [2.05, 4.69) is 10.1 Å². The maximum absolute atomic E-state index is 11.8. The summed E-state index contributed by atoms with van der Waals surface area (Å²) in [5.74, 6) is -1.17. The van der Waals surface area contributed by atoms with E-state index < -0.39 is 5.97 Å². The first-order valence-electron chi connectivity index (χ1n) is 4.73. The monoisotopic (exact) mass is 219 g/mol. The van der Waals surface area contributed by atoms with Crippen LogP contribution in [0.2, 0.25) is 0 Å². The van der Waals surface area contributed by atoms with Crippen molar-refractivity contribution in [3.63, 3.8) is 0 Å². The zero-order valence-electron chi connectivity index (χ0n) is 8.54. The largest absolute Gasteiger partial charge is 0.476 e. The first kappa shape index (κ1) is 10.3. The van der Waals surface area contributed by atoms with Crippen LogP contribution in [0.4, 0.5) is 0 Å². The molecule has 2 heterocycles. The second-order valence-corrected chi connectivity index (χ2v) is 3.20. The number of aryl methyl sites for hydroxylation is 1. The summed E-state index contributed by atoms with van der Waals surface area (Å²) >= 11 is 0. The van der Waals surface area contributed by atoms with E-state index in [-0.39, 0.29) is 16.6 Å². The van der Waals surface area contributed by atoms with Gasteiger partial charge < -0.3 is 5.11 Å². The van der Waals surface area contributed by atoms with Crippen molar-refractivity contribution < 1.29 is 9.90 Å². The molecule has 0 radical (unpaired) electrons. The fraction of sp³-hybridized carbons (Fsp3) is 0.200. The normalized spacial score (nSPS) is 10.6. The van der Waals surface area contributed by atoms with Gasteiger partial charge in [-0.25, -0.2) is 9.48 Å². The molecule has 0 aromatic carbocycles. The fourth-order valence-corrected chi connectivity index (χ4v) is 1.50. The zero-order chi connectivity index (χ0) is 11.7. The van der Waals surface area contributed by atoms with E-state index in [1.807, 2.05) is 0 Å². The second kappa shape index (κ2) is 3.73. The minimum Gasteiger partial charge on any atom is -0.476 e. The molecule has 2 aromatic rings. The van der Waals surface area contributed by atoms with Crippen LogP contribution in [0, 0.1) is 0 Å². The minimum atomic E-state index is -1.17. The Hall–Kier alpha value is -2.24. The predicted molar refractivity (Wildman–Crippen MR) is 56.4 cm³/mol. The second-order valence-electron chi connectivity index (χ2n) is 3.20. The van der Waals surface area contributed by atoms with Gasteiger partial charge in [-0.05, 0) is 13.0 Å². The number of fused-ring (bicyclic) bond motifs is 1. The van der Waals surface area contributed by atoms with Crippen molar-refractivity contribution in [1.29, 1.82) is 0 Å². The van der Waals surface area contributed by atoms with Crippen molar-refractivity contribution >= 4 is 16.7 Å². The molecule has 0 spiro atoms. The Morgan fingerprint density at radius 3 is 2.88 bits per heavy atom. The quantitative estimate of drug-likeness (QED) is 0.795. The number of carboxylic acids is 1. The van der Waals surface area contributed by atoms with Crippen LogP contribution in [0.3, 0.4) is 0 Å². The van der Waals surface area contributed by atoms with Crippen molar-refractivity contribution in [2.75, 3.05) is 0 Å². The van der Waals surface area contributed by atoms with Crippen LogP contribution in [0.25, 0.3) is 10.8 Å². The van der Waals surface area contributed by atoms with Gasteiger partial charge in [-0.3, -0.25) is 9.78 Å². The third-order valence-electron chi connectivity index (χ3n) is 2.26. The molecule has 1 N–H and O–H groups in total. The molecule has 0 amide bonds. The number of nitrogens with zero attached hydrogens (tertiary/aromatic N) is 3. The Labute approximate surface area is 90.2 Å². The molecule has 0 saturated carbocycles. The van der Waals surface area contributed by atoms with E-state index in [4.69, 9.17) is 5.11 Å². The Morgan fingerprint density at radius 2 is 2.25 bits per heavy atom. The predicted octanol–water partition coefficient (Wildman–Crippen LogP) is 0.510. The molecule has 16 heavy (non-hydrogen) atoms. The summed E-state index contributed by atoms with van der Waals surface area (Å²) in [6.45, 7) is 2.06. The highest BCUT2D eigenvalue weighted by Crippen LogP contribution is 2.11. The highest BCUT2D eigenvalue weighted by molar-refractivity contribution is 6.00. The summed E-state index contributed by atoms with van der Waals surface area (Å²) in [6.07, 6.45) is 2.79. The Kier molecular flexibility index (Phi) is 2.40. The molecule has 0 aliphatic heterocycles. The summed E-state index contributed by atoms with van der Waals surface area (Å²) in [4.78, 5) is 26.6. The molecule has 0 bridgehead atoms. The molecule has 2 rings (SSSR count). The summed E-state index contributed by atoms with van der Waals surface area (Å²) in [7, 11) is 0. The third-order valence-corrected chi connectivity index (χ3v) is 2.26. The number of hydrogen-bond acceptors (Lipinski definition) is 4. The Bertz CT molecular complexity index is 618. The van der Waals surface area contributed by atoms with Gasteiger partial charge in [0.1, 0.15) is 0 Å². The van der Waals surface area contributed by atoms with Crippen molar-refractivity contribution in [2.24, 2.45) is 0 Å². The van der Waals surface area contributed by atoms with Gasteiger partial charge in [0.2, 0.25) is 0 Å². The first-order chi connectivity index (χ1) is 7.65. The molecule has 0 atom stereocenters. The number of hydrogen-bond donors (Lipinski definition) is 1. The Morgan fingerprint density at radius 1 is 1.50 bits per heavy atom. The van der Waals surface area contributed by atoms with Crippen LogP contribution in [-0.4, -0.2) is 25.8 Å². The van der Waals surface area contributed by atoms with Crippen LogP contribution < -0.4 is 5.56 Å². The van der Waals surface area contributed by atoms with Crippen molar-refractivity contribution in [3.8, 4) is 0 Å². The van der Waals surface area contributed by atoms with Gasteiger partial charge in [-0.15, -0.1) is 0 Å². The SMILES string of the molecule is CCn1nc(C(=O)O)c2cnccc2c1=O. The number of carbonyl (C=O) groups is 1. The van der Waals surface area contributed by atoms with Gasteiger partial charge in [0.25, 0.3) is 5.56 Å². The fourth-order valence-electron chi connectivity index (χ4n) is 1.50. The van der Waals surface area contributed by atoms with Gasteiger partial charge >= 0.3 is 5.97 Å². The summed E-state index contributed by atoms with van der Waals surface area (Å²) in [5, 5.41) is 13.4.